The molecule has 0 aliphatic carbocycles. The van der Waals surface area contributed by atoms with Crippen LogP contribution in [0.15, 0.2) is 42.5 Å². The SMILES string of the molecule is O=C(CNC(=O)NCc1ccc(F)cc1)Nc1ccc2c(c1)OCCO2. The van der Waals surface area contributed by atoms with Gasteiger partial charge in [0.15, 0.2) is 11.5 Å². The van der Waals surface area contributed by atoms with Crippen molar-refractivity contribution in [3.8, 4) is 11.5 Å². The van der Waals surface area contributed by atoms with Gasteiger partial charge in [0.25, 0.3) is 0 Å². The van der Waals surface area contributed by atoms with Gasteiger partial charge < -0.3 is 25.4 Å². The lowest BCUT2D eigenvalue weighted by atomic mass is 10.2. The van der Waals surface area contributed by atoms with Crippen LogP contribution in [-0.4, -0.2) is 31.7 Å². The molecule has 0 fully saturated rings. The summed E-state index contributed by atoms with van der Waals surface area (Å²) in [6.45, 7) is 0.995. The maximum atomic E-state index is 12.8. The van der Waals surface area contributed by atoms with E-state index in [1.165, 1.54) is 12.1 Å². The van der Waals surface area contributed by atoms with E-state index < -0.39 is 6.03 Å². The summed E-state index contributed by atoms with van der Waals surface area (Å²) in [4.78, 5) is 23.6. The number of halogens is 1. The number of carbonyl (C=O) groups excluding carboxylic acids is 2. The fourth-order valence-electron chi connectivity index (χ4n) is 2.33. The van der Waals surface area contributed by atoms with Crippen molar-refractivity contribution in [3.05, 3.63) is 53.8 Å². The summed E-state index contributed by atoms with van der Waals surface area (Å²) in [6, 6.07) is 10.4. The van der Waals surface area contributed by atoms with Gasteiger partial charge in [0.1, 0.15) is 19.0 Å². The largest absolute Gasteiger partial charge is 0.486 e. The van der Waals surface area contributed by atoms with E-state index in [0.717, 1.165) is 5.56 Å². The molecule has 0 unspecified atom stereocenters. The number of ether oxygens (including phenoxy) is 2. The highest BCUT2D eigenvalue weighted by Crippen LogP contribution is 2.32. The topological polar surface area (TPSA) is 88.7 Å². The number of nitrogens with one attached hydrogen (secondary N) is 3. The van der Waals surface area contributed by atoms with Gasteiger partial charge in [-0.15, -0.1) is 0 Å². The number of benzene rings is 2. The molecule has 136 valence electrons. The van der Waals surface area contributed by atoms with Gasteiger partial charge in [0.05, 0.1) is 6.54 Å². The van der Waals surface area contributed by atoms with E-state index in [1.807, 2.05) is 0 Å². The lowest BCUT2D eigenvalue weighted by Gasteiger charge is -2.19. The molecule has 3 rings (SSSR count). The Bertz CT molecular complexity index is 796. The smallest absolute Gasteiger partial charge is 0.315 e. The first-order valence-corrected chi connectivity index (χ1v) is 8.06. The summed E-state index contributed by atoms with van der Waals surface area (Å²) >= 11 is 0. The molecule has 1 aliphatic heterocycles. The molecule has 0 bridgehead atoms. The number of hydrogen-bond donors (Lipinski definition) is 3. The predicted molar refractivity (Wildman–Crippen MR) is 92.7 cm³/mol. The van der Waals surface area contributed by atoms with Gasteiger partial charge in [-0.1, -0.05) is 12.1 Å². The molecule has 1 aliphatic rings. The van der Waals surface area contributed by atoms with Crippen molar-refractivity contribution in [2.45, 2.75) is 6.54 Å². The van der Waals surface area contributed by atoms with E-state index >= 15 is 0 Å². The molecule has 0 saturated heterocycles. The van der Waals surface area contributed by atoms with Crippen LogP contribution in [0.5, 0.6) is 11.5 Å². The number of hydrogen-bond acceptors (Lipinski definition) is 4. The van der Waals surface area contributed by atoms with Crippen molar-refractivity contribution in [1.29, 1.82) is 0 Å². The quantitative estimate of drug-likeness (QED) is 0.762. The van der Waals surface area contributed by atoms with Gasteiger partial charge in [-0.05, 0) is 29.8 Å². The molecule has 0 spiro atoms. The lowest BCUT2D eigenvalue weighted by molar-refractivity contribution is -0.115. The van der Waals surface area contributed by atoms with E-state index in [-0.39, 0.29) is 24.8 Å². The summed E-state index contributed by atoms with van der Waals surface area (Å²) < 4.78 is 23.7. The average Bonchev–Trinajstić information content (AvgIpc) is 2.66. The third-order valence-corrected chi connectivity index (χ3v) is 3.60. The zero-order valence-electron chi connectivity index (χ0n) is 13.9. The summed E-state index contributed by atoms with van der Waals surface area (Å²) in [5.74, 6) is 0.485. The molecular formula is C18H18FN3O4. The van der Waals surface area contributed by atoms with Crippen LogP contribution < -0.4 is 25.4 Å². The van der Waals surface area contributed by atoms with Crippen LogP contribution in [0.25, 0.3) is 0 Å². The molecular weight excluding hydrogens is 341 g/mol. The molecule has 7 nitrogen and oxygen atoms in total. The Labute approximate surface area is 149 Å². The second-order valence-electron chi connectivity index (χ2n) is 5.57. The molecule has 0 atom stereocenters. The van der Waals surface area contributed by atoms with E-state index in [0.29, 0.717) is 30.4 Å². The molecule has 2 aromatic carbocycles. The van der Waals surface area contributed by atoms with Gasteiger partial charge in [0.2, 0.25) is 5.91 Å². The second kappa shape index (κ2) is 8.19. The zero-order chi connectivity index (χ0) is 18.4. The summed E-state index contributed by atoms with van der Waals surface area (Å²) in [5, 5.41) is 7.71. The first-order chi connectivity index (χ1) is 12.6. The third kappa shape index (κ3) is 4.85. The van der Waals surface area contributed by atoms with E-state index in [2.05, 4.69) is 16.0 Å². The maximum Gasteiger partial charge on any atom is 0.315 e. The normalized spacial score (nSPS) is 12.2. The van der Waals surface area contributed by atoms with Crippen LogP contribution in [0.4, 0.5) is 14.9 Å². The summed E-state index contributed by atoms with van der Waals surface area (Å²) in [5.41, 5.74) is 1.30. The molecule has 3 N–H and O–H groups in total. The Balaban J connectivity index is 1.42. The van der Waals surface area contributed by atoms with Crippen molar-refractivity contribution >= 4 is 17.6 Å². The van der Waals surface area contributed by atoms with Crippen LogP contribution in [-0.2, 0) is 11.3 Å². The molecule has 0 saturated carbocycles. The fourth-order valence-corrected chi connectivity index (χ4v) is 2.33. The zero-order valence-corrected chi connectivity index (χ0v) is 13.9. The number of anilines is 1. The van der Waals surface area contributed by atoms with Crippen LogP contribution >= 0.6 is 0 Å². The van der Waals surface area contributed by atoms with Gasteiger partial charge in [-0.25, -0.2) is 9.18 Å². The van der Waals surface area contributed by atoms with Crippen molar-refractivity contribution < 1.29 is 23.5 Å². The standard InChI is InChI=1S/C18H18FN3O4/c19-13-3-1-12(2-4-13)10-20-18(24)21-11-17(23)22-14-5-6-15-16(9-14)26-8-7-25-15/h1-6,9H,7-8,10-11H2,(H,22,23)(H2,20,21,24). The third-order valence-electron chi connectivity index (χ3n) is 3.60. The first kappa shape index (κ1) is 17.5. The molecule has 3 amide bonds. The monoisotopic (exact) mass is 359 g/mol. The Hall–Kier alpha value is -3.29. The number of fused-ring (bicyclic) bond motifs is 1. The van der Waals surface area contributed by atoms with Gasteiger partial charge in [-0.2, -0.15) is 0 Å². The van der Waals surface area contributed by atoms with Gasteiger partial charge in [-0.3, -0.25) is 4.79 Å². The minimum atomic E-state index is -0.494. The highest BCUT2D eigenvalue weighted by molar-refractivity contribution is 5.94. The number of urea groups is 1. The number of rotatable bonds is 5. The van der Waals surface area contributed by atoms with E-state index in [9.17, 15) is 14.0 Å². The second-order valence-corrected chi connectivity index (χ2v) is 5.57. The van der Waals surface area contributed by atoms with Crippen molar-refractivity contribution in [2.75, 3.05) is 25.1 Å². The summed E-state index contributed by atoms with van der Waals surface area (Å²) in [7, 11) is 0. The van der Waals surface area contributed by atoms with Crippen LogP contribution in [0.3, 0.4) is 0 Å². The molecule has 0 aromatic heterocycles. The highest BCUT2D eigenvalue weighted by atomic mass is 19.1. The van der Waals surface area contributed by atoms with Crippen LogP contribution in [0.2, 0.25) is 0 Å². The van der Waals surface area contributed by atoms with E-state index in [1.54, 1.807) is 30.3 Å². The van der Waals surface area contributed by atoms with Crippen LogP contribution in [0.1, 0.15) is 5.56 Å². The fraction of sp³-hybridized carbons (Fsp3) is 0.222. The first-order valence-electron chi connectivity index (χ1n) is 8.06. The summed E-state index contributed by atoms with van der Waals surface area (Å²) in [6.07, 6.45) is 0. The van der Waals surface area contributed by atoms with Crippen molar-refractivity contribution in [1.82, 2.24) is 10.6 Å². The Morgan fingerprint density at radius 2 is 1.69 bits per heavy atom. The Kier molecular flexibility index (Phi) is 5.52. The predicted octanol–water partition coefficient (Wildman–Crippen LogP) is 2.03. The van der Waals surface area contributed by atoms with E-state index in [4.69, 9.17) is 9.47 Å². The Morgan fingerprint density at radius 3 is 2.46 bits per heavy atom. The minimum Gasteiger partial charge on any atom is -0.486 e. The number of amides is 3. The maximum absolute atomic E-state index is 12.8. The lowest BCUT2D eigenvalue weighted by Crippen LogP contribution is -2.39. The van der Waals surface area contributed by atoms with Crippen molar-refractivity contribution in [2.24, 2.45) is 0 Å². The van der Waals surface area contributed by atoms with Crippen LogP contribution in [0, 0.1) is 5.82 Å². The van der Waals surface area contributed by atoms with Crippen molar-refractivity contribution in [3.63, 3.8) is 0 Å². The van der Waals surface area contributed by atoms with Gasteiger partial charge >= 0.3 is 6.03 Å². The Morgan fingerprint density at radius 1 is 0.962 bits per heavy atom. The molecule has 2 aromatic rings. The van der Waals surface area contributed by atoms with Gasteiger partial charge in [0, 0.05) is 18.3 Å². The average molecular weight is 359 g/mol. The minimum absolute atomic E-state index is 0.191. The molecule has 26 heavy (non-hydrogen) atoms. The molecule has 1 heterocycles. The highest BCUT2D eigenvalue weighted by Gasteiger charge is 2.13. The number of carbonyl (C=O) groups is 2. The molecule has 8 heteroatoms. The molecule has 0 radical (unpaired) electrons.